The molecule has 0 bridgehead atoms. The number of aryl methyl sites for hydroxylation is 1. The zero-order valence-electron chi connectivity index (χ0n) is 14.1. The van der Waals surface area contributed by atoms with E-state index < -0.39 is 0 Å². The van der Waals surface area contributed by atoms with Crippen LogP contribution in [-0.2, 0) is 4.79 Å². The van der Waals surface area contributed by atoms with Gasteiger partial charge in [0.2, 0.25) is 5.91 Å². The van der Waals surface area contributed by atoms with Gasteiger partial charge in [0.25, 0.3) is 0 Å². The van der Waals surface area contributed by atoms with E-state index in [0.29, 0.717) is 16.5 Å². The molecule has 24 heavy (non-hydrogen) atoms. The third kappa shape index (κ3) is 4.30. The van der Waals surface area contributed by atoms with Crippen molar-refractivity contribution in [3.63, 3.8) is 0 Å². The summed E-state index contributed by atoms with van der Waals surface area (Å²) in [4.78, 5) is 12.3. The molecule has 0 heterocycles. The highest BCUT2D eigenvalue weighted by atomic mass is 35.5. The molecule has 0 spiro atoms. The van der Waals surface area contributed by atoms with Crippen molar-refractivity contribution in [3.8, 4) is 11.5 Å². The van der Waals surface area contributed by atoms with Crippen molar-refractivity contribution in [2.24, 2.45) is 0 Å². The molecule has 2 aromatic carbocycles. The van der Waals surface area contributed by atoms with E-state index in [4.69, 9.17) is 21.1 Å². The highest BCUT2D eigenvalue weighted by molar-refractivity contribution is 6.30. The molecule has 0 aliphatic rings. The normalized spacial score (nSPS) is 11.1. The molecule has 1 amide bonds. The smallest absolute Gasteiger partial charge is 0.248 e. The fraction of sp³-hybridized carbons (Fsp3) is 0.211. The molecule has 2 rings (SSSR count). The molecule has 126 valence electrons. The molecule has 0 saturated heterocycles. The molecule has 4 nitrogen and oxygen atoms in total. The summed E-state index contributed by atoms with van der Waals surface area (Å²) in [7, 11) is 3.18. The summed E-state index contributed by atoms with van der Waals surface area (Å²) in [6.07, 6.45) is 1.54. The first-order chi connectivity index (χ1) is 11.4. The van der Waals surface area contributed by atoms with Gasteiger partial charge in [0.05, 0.1) is 14.2 Å². The van der Waals surface area contributed by atoms with Crippen molar-refractivity contribution in [1.29, 1.82) is 0 Å². The number of hydrogen-bond donors (Lipinski definition) is 1. The fourth-order valence-electron chi connectivity index (χ4n) is 2.33. The van der Waals surface area contributed by atoms with E-state index in [0.717, 1.165) is 22.4 Å². The lowest BCUT2D eigenvalue weighted by molar-refractivity contribution is -0.111. The minimum atomic E-state index is -0.212. The van der Waals surface area contributed by atoms with E-state index >= 15 is 0 Å². The average molecular weight is 346 g/mol. The van der Waals surface area contributed by atoms with Crippen molar-refractivity contribution in [1.82, 2.24) is 0 Å². The predicted molar refractivity (Wildman–Crippen MR) is 98.0 cm³/mol. The van der Waals surface area contributed by atoms with Crippen molar-refractivity contribution < 1.29 is 14.3 Å². The summed E-state index contributed by atoms with van der Waals surface area (Å²) in [5.41, 5.74) is 3.26. The molecular formula is C19H20ClNO3. The van der Waals surface area contributed by atoms with E-state index in [2.05, 4.69) is 5.32 Å². The molecule has 0 aliphatic heterocycles. The summed E-state index contributed by atoms with van der Waals surface area (Å²) >= 11 is 5.93. The third-order valence-corrected chi connectivity index (χ3v) is 3.86. The lowest BCUT2D eigenvalue weighted by atomic mass is 10.1. The third-order valence-electron chi connectivity index (χ3n) is 3.63. The molecule has 2 aromatic rings. The average Bonchev–Trinajstić information content (AvgIpc) is 2.56. The number of benzene rings is 2. The lowest BCUT2D eigenvalue weighted by Gasteiger charge is -2.11. The number of allylic oxidation sites excluding steroid dienone is 1. The quantitative estimate of drug-likeness (QED) is 0.798. The number of ether oxygens (including phenoxy) is 2. The second-order valence-corrected chi connectivity index (χ2v) is 5.78. The number of halogens is 1. The van der Waals surface area contributed by atoms with Crippen LogP contribution in [0.5, 0.6) is 11.5 Å². The number of nitrogens with one attached hydrogen (secondary N) is 1. The predicted octanol–water partition coefficient (Wildman–Crippen LogP) is 4.71. The van der Waals surface area contributed by atoms with E-state index in [-0.39, 0.29) is 5.91 Å². The van der Waals surface area contributed by atoms with Gasteiger partial charge in [-0.25, -0.2) is 0 Å². The van der Waals surface area contributed by atoms with Crippen LogP contribution in [0.15, 0.2) is 42.5 Å². The largest absolute Gasteiger partial charge is 0.497 e. The SMILES string of the molecule is COc1ccc(/C(C)=C/C(=O)Nc2ccc(Cl)cc2C)c(OC)c1. The van der Waals surface area contributed by atoms with Gasteiger partial charge in [0, 0.05) is 28.4 Å². The number of carbonyl (C=O) groups excluding carboxylic acids is 1. The number of hydrogen-bond acceptors (Lipinski definition) is 3. The zero-order chi connectivity index (χ0) is 17.7. The van der Waals surface area contributed by atoms with Crippen molar-refractivity contribution in [2.45, 2.75) is 13.8 Å². The van der Waals surface area contributed by atoms with Crippen LogP contribution in [0.25, 0.3) is 5.57 Å². The highest BCUT2D eigenvalue weighted by Gasteiger charge is 2.09. The number of anilines is 1. The fourth-order valence-corrected chi connectivity index (χ4v) is 2.56. The van der Waals surface area contributed by atoms with Gasteiger partial charge >= 0.3 is 0 Å². The second-order valence-electron chi connectivity index (χ2n) is 5.34. The van der Waals surface area contributed by atoms with E-state index in [1.54, 1.807) is 44.6 Å². The van der Waals surface area contributed by atoms with Gasteiger partial charge in [-0.3, -0.25) is 4.79 Å². The van der Waals surface area contributed by atoms with E-state index in [1.165, 1.54) is 0 Å². The Morgan fingerprint density at radius 3 is 2.50 bits per heavy atom. The van der Waals surface area contributed by atoms with Gasteiger partial charge in [0.15, 0.2) is 0 Å². The van der Waals surface area contributed by atoms with Crippen molar-refractivity contribution in [3.05, 3.63) is 58.6 Å². The van der Waals surface area contributed by atoms with Crippen LogP contribution in [0, 0.1) is 6.92 Å². The van der Waals surface area contributed by atoms with Crippen molar-refractivity contribution >= 4 is 28.8 Å². The maximum Gasteiger partial charge on any atom is 0.248 e. The van der Waals surface area contributed by atoms with Crippen LogP contribution in [0.1, 0.15) is 18.1 Å². The maximum atomic E-state index is 12.3. The standard InChI is InChI=1S/C19H20ClNO3/c1-12(16-7-6-15(23-3)11-18(16)24-4)10-19(22)21-17-8-5-14(20)9-13(17)2/h5-11H,1-4H3,(H,21,22)/b12-10+. The van der Waals surface area contributed by atoms with Gasteiger partial charge in [-0.2, -0.15) is 0 Å². The minimum absolute atomic E-state index is 0.212. The maximum absolute atomic E-state index is 12.3. The first-order valence-electron chi connectivity index (χ1n) is 7.42. The molecule has 0 aliphatic carbocycles. The summed E-state index contributed by atoms with van der Waals surface area (Å²) < 4.78 is 10.6. The van der Waals surface area contributed by atoms with Crippen LogP contribution >= 0.6 is 11.6 Å². The van der Waals surface area contributed by atoms with Crippen LogP contribution in [0.2, 0.25) is 5.02 Å². The van der Waals surface area contributed by atoms with Gasteiger partial charge in [0.1, 0.15) is 11.5 Å². The van der Waals surface area contributed by atoms with Crippen LogP contribution in [0.4, 0.5) is 5.69 Å². The topological polar surface area (TPSA) is 47.6 Å². The molecular weight excluding hydrogens is 326 g/mol. The number of methoxy groups -OCH3 is 2. The minimum Gasteiger partial charge on any atom is -0.497 e. The molecule has 1 N–H and O–H groups in total. The first-order valence-corrected chi connectivity index (χ1v) is 7.80. The van der Waals surface area contributed by atoms with Crippen LogP contribution < -0.4 is 14.8 Å². The van der Waals surface area contributed by atoms with Gasteiger partial charge < -0.3 is 14.8 Å². The van der Waals surface area contributed by atoms with Crippen molar-refractivity contribution in [2.75, 3.05) is 19.5 Å². The Hall–Kier alpha value is -2.46. The Morgan fingerprint density at radius 1 is 1.12 bits per heavy atom. The van der Waals surface area contributed by atoms with Crippen LogP contribution in [-0.4, -0.2) is 20.1 Å². The Labute approximate surface area is 147 Å². The molecule has 0 unspecified atom stereocenters. The summed E-state index contributed by atoms with van der Waals surface area (Å²) in [5.74, 6) is 1.14. The molecule has 0 aromatic heterocycles. The van der Waals surface area contributed by atoms with Gasteiger partial charge in [-0.05, 0) is 55.3 Å². The zero-order valence-corrected chi connectivity index (χ0v) is 14.9. The molecule has 0 fully saturated rings. The summed E-state index contributed by atoms with van der Waals surface area (Å²) in [5, 5.41) is 3.50. The number of rotatable bonds is 5. The van der Waals surface area contributed by atoms with Gasteiger partial charge in [-0.1, -0.05) is 11.6 Å². The monoisotopic (exact) mass is 345 g/mol. The first kappa shape index (κ1) is 17.9. The highest BCUT2D eigenvalue weighted by Crippen LogP contribution is 2.30. The molecule has 0 radical (unpaired) electrons. The molecule has 0 saturated carbocycles. The Kier molecular flexibility index (Phi) is 5.88. The molecule has 5 heteroatoms. The summed E-state index contributed by atoms with van der Waals surface area (Å²) in [6, 6.07) is 10.8. The number of carbonyl (C=O) groups is 1. The van der Waals surface area contributed by atoms with Gasteiger partial charge in [-0.15, -0.1) is 0 Å². The Morgan fingerprint density at radius 2 is 1.88 bits per heavy atom. The van der Waals surface area contributed by atoms with E-state index in [9.17, 15) is 4.79 Å². The number of amides is 1. The molecule has 0 atom stereocenters. The second kappa shape index (κ2) is 7.88. The van der Waals surface area contributed by atoms with E-state index in [1.807, 2.05) is 26.0 Å². The summed E-state index contributed by atoms with van der Waals surface area (Å²) in [6.45, 7) is 3.75. The Balaban J connectivity index is 2.22. The Bertz CT molecular complexity index is 784. The van der Waals surface area contributed by atoms with Crippen LogP contribution in [0.3, 0.4) is 0 Å². The lowest BCUT2D eigenvalue weighted by Crippen LogP contribution is -2.09.